The highest BCUT2D eigenvalue weighted by molar-refractivity contribution is 7.00. The molecule has 3 aromatic heterocycles. The highest BCUT2D eigenvalue weighted by Gasteiger charge is 2.46. The fourth-order valence-electron chi connectivity index (χ4n) is 11.3. The SMILES string of the molecule is N#Cc1c2c3c(c(C#N)c1-n1c4ccccc4c4cc5c(cc41)c1ccccc1n5-c1ccccc1)-n1c4ccccc4c4cccc(c41)B3c1ccccc1N2c1ccccc1. The molecule has 0 saturated heterocycles. The molecule has 0 amide bonds. The van der Waals surface area contributed by atoms with Crippen LogP contribution in [0.15, 0.2) is 188 Å². The van der Waals surface area contributed by atoms with E-state index in [4.69, 9.17) is 0 Å². The van der Waals surface area contributed by atoms with Crippen LogP contribution in [0.2, 0.25) is 0 Å². The second-order valence-corrected chi connectivity index (χ2v) is 16.6. The predicted octanol–water partition coefficient (Wildman–Crippen LogP) is 11.3. The van der Waals surface area contributed by atoms with E-state index < -0.39 is 0 Å². The number of benzene rings is 9. The Morgan fingerprint density at radius 1 is 0.365 bits per heavy atom. The van der Waals surface area contributed by atoms with Gasteiger partial charge in [0.05, 0.1) is 44.6 Å². The van der Waals surface area contributed by atoms with Crippen LogP contribution in [0.5, 0.6) is 0 Å². The molecule has 0 N–H and O–H groups in total. The maximum absolute atomic E-state index is 11.9. The summed E-state index contributed by atoms with van der Waals surface area (Å²) in [6, 6.07) is 71.7. The van der Waals surface area contributed by atoms with Gasteiger partial charge in [0.15, 0.2) is 0 Å². The summed E-state index contributed by atoms with van der Waals surface area (Å²) < 4.78 is 6.89. The van der Waals surface area contributed by atoms with Crippen molar-refractivity contribution in [3.63, 3.8) is 0 Å². The molecule has 288 valence electrons. The third-order valence-electron chi connectivity index (χ3n) is 13.7. The highest BCUT2D eigenvalue weighted by Crippen LogP contribution is 2.48. The van der Waals surface area contributed by atoms with E-state index in [1.165, 1.54) is 0 Å². The van der Waals surface area contributed by atoms with Crippen LogP contribution in [0.25, 0.3) is 82.5 Å². The van der Waals surface area contributed by atoms with Gasteiger partial charge in [0.25, 0.3) is 6.71 Å². The summed E-state index contributed by atoms with van der Waals surface area (Å²) >= 11 is 0. The summed E-state index contributed by atoms with van der Waals surface area (Å²) in [6.45, 7) is -0.234. The number of aromatic nitrogens is 3. The Bertz CT molecular complexity index is 4070. The maximum Gasteiger partial charge on any atom is 0.252 e. The van der Waals surface area contributed by atoms with Gasteiger partial charge in [-0.3, -0.25) is 0 Å². The van der Waals surface area contributed by atoms with Gasteiger partial charge in [-0.05, 0) is 77.1 Å². The summed E-state index contributed by atoms with van der Waals surface area (Å²) in [6.07, 6.45) is 0. The fourth-order valence-corrected chi connectivity index (χ4v) is 11.3. The summed E-state index contributed by atoms with van der Waals surface area (Å²) in [4.78, 5) is 2.27. The Hall–Kier alpha value is -8.78. The summed E-state index contributed by atoms with van der Waals surface area (Å²) in [5, 5.41) is 30.4. The first-order valence-electron chi connectivity index (χ1n) is 21.3. The second kappa shape index (κ2) is 12.4. The summed E-state index contributed by atoms with van der Waals surface area (Å²) in [5.74, 6) is 0. The number of para-hydroxylation sites is 7. The van der Waals surface area contributed by atoms with Crippen molar-refractivity contribution in [2.45, 2.75) is 0 Å². The zero-order valence-corrected chi connectivity index (χ0v) is 33.7. The molecule has 2 aliphatic rings. The standard InChI is InChI=1S/C56H31BN6/c58-32-42-53(62-47-27-12-9-22-38(47)41-30-50-40(31-51(41)62)37-21-8-11-26-46(37)60(50)34-16-3-1-4-17-34)43(33-59)56-52-55(42)61(35-18-5-2-6-19-35)49-29-14-10-24-44(49)57(52)45-25-15-23-39-36-20-7-13-28-48(36)63(56)54(39)45/h1-31H. The van der Waals surface area contributed by atoms with E-state index in [0.29, 0.717) is 16.8 Å². The van der Waals surface area contributed by atoms with E-state index in [1.807, 2.05) is 6.07 Å². The van der Waals surface area contributed by atoms with Gasteiger partial charge in [-0.25, -0.2) is 0 Å². The lowest BCUT2D eigenvalue weighted by Gasteiger charge is -2.41. The van der Waals surface area contributed by atoms with Gasteiger partial charge in [0, 0.05) is 54.9 Å². The maximum atomic E-state index is 11.9. The molecule has 0 atom stereocenters. The van der Waals surface area contributed by atoms with Crippen molar-refractivity contribution in [2.75, 3.05) is 4.90 Å². The van der Waals surface area contributed by atoms with Gasteiger partial charge >= 0.3 is 0 Å². The van der Waals surface area contributed by atoms with Crippen LogP contribution < -0.4 is 21.3 Å². The van der Waals surface area contributed by atoms with Crippen molar-refractivity contribution >= 4 is 106 Å². The first kappa shape index (κ1) is 34.0. The smallest absolute Gasteiger partial charge is 0.252 e. The number of anilines is 3. The molecule has 63 heavy (non-hydrogen) atoms. The van der Waals surface area contributed by atoms with Crippen LogP contribution in [0.4, 0.5) is 17.1 Å². The lowest BCUT2D eigenvalue weighted by Crippen LogP contribution is -2.61. The van der Waals surface area contributed by atoms with Gasteiger partial charge < -0.3 is 18.6 Å². The van der Waals surface area contributed by atoms with Gasteiger partial charge in [-0.15, -0.1) is 0 Å². The average Bonchev–Trinajstić information content (AvgIpc) is 3.97. The normalized spacial score (nSPS) is 12.7. The van der Waals surface area contributed by atoms with Crippen LogP contribution in [0.3, 0.4) is 0 Å². The molecule has 0 spiro atoms. The Balaban J connectivity index is 1.22. The quantitative estimate of drug-likeness (QED) is 0.167. The molecule has 12 aromatic rings. The van der Waals surface area contributed by atoms with Gasteiger partial charge in [0.1, 0.15) is 23.3 Å². The molecule has 6 nitrogen and oxygen atoms in total. The minimum absolute atomic E-state index is 0.234. The largest absolute Gasteiger partial charge is 0.310 e. The molecule has 0 fully saturated rings. The molecular weight excluding hydrogens is 767 g/mol. The number of rotatable bonds is 3. The fraction of sp³-hybridized carbons (Fsp3) is 0. The minimum atomic E-state index is -0.234. The topological polar surface area (TPSA) is 65.6 Å². The number of hydrogen-bond acceptors (Lipinski definition) is 3. The van der Waals surface area contributed by atoms with E-state index in [9.17, 15) is 10.5 Å². The predicted molar refractivity (Wildman–Crippen MR) is 258 cm³/mol. The van der Waals surface area contributed by atoms with Crippen molar-refractivity contribution in [2.24, 2.45) is 0 Å². The monoisotopic (exact) mass is 798 g/mol. The molecular formula is C56H31BN6. The Labute approximate surface area is 361 Å². The molecule has 7 heteroatoms. The third kappa shape index (κ3) is 4.25. The van der Waals surface area contributed by atoms with Gasteiger partial charge in [-0.2, -0.15) is 10.5 Å². The first-order chi connectivity index (χ1) is 31.2. The number of nitrogens with zero attached hydrogens (tertiary/aromatic N) is 6. The molecule has 9 aromatic carbocycles. The second-order valence-electron chi connectivity index (χ2n) is 16.6. The number of hydrogen-bond donors (Lipinski definition) is 0. The molecule has 0 saturated carbocycles. The van der Waals surface area contributed by atoms with E-state index in [0.717, 1.165) is 110 Å². The Kier molecular flexibility index (Phi) is 6.69. The third-order valence-corrected chi connectivity index (χ3v) is 13.7. The van der Waals surface area contributed by atoms with Crippen molar-refractivity contribution in [1.29, 1.82) is 10.5 Å². The molecule has 2 aliphatic heterocycles. The van der Waals surface area contributed by atoms with Crippen molar-refractivity contribution in [3.8, 4) is 29.2 Å². The molecule has 14 rings (SSSR count). The average molecular weight is 799 g/mol. The number of nitriles is 2. The summed E-state index contributed by atoms with van der Waals surface area (Å²) in [5.41, 5.74) is 15.6. The first-order valence-corrected chi connectivity index (χ1v) is 21.3. The molecule has 5 heterocycles. The van der Waals surface area contributed by atoms with E-state index in [2.05, 4.69) is 213 Å². The van der Waals surface area contributed by atoms with Gasteiger partial charge in [-0.1, -0.05) is 127 Å². The van der Waals surface area contributed by atoms with Crippen LogP contribution in [0, 0.1) is 22.7 Å². The van der Waals surface area contributed by atoms with E-state index in [-0.39, 0.29) is 6.71 Å². The van der Waals surface area contributed by atoms with Crippen LogP contribution in [-0.2, 0) is 0 Å². The van der Waals surface area contributed by atoms with Crippen LogP contribution in [-0.4, -0.2) is 20.4 Å². The minimum Gasteiger partial charge on any atom is -0.310 e. The van der Waals surface area contributed by atoms with Crippen molar-refractivity contribution in [1.82, 2.24) is 13.7 Å². The van der Waals surface area contributed by atoms with Crippen molar-refractivity contribution in [3.05, 3.63) is 199 Å². The number of fused-ring (bicyclic) bond motifs is 13. The lowest BCUT2D eigenvalue weighted by atomic mass is 9.33. The Morgan fingerprint density at radius 3 is 1.52 bits per heavy atom. The zero-order valence-electron chi connectivity index (χ0n) is 33.7. The zero-order chi connectivity index (χ0) is 41.5. The highest BCUT2D eigenvalue weighted by atomic mass is 15.2. The van der Waals surface area contributed by atoms with E-state index >= 15 is 0 Å². The summed E-state index contributed by atoms with van der Waals surface area (Å²) in [7, 11) is 0. The van der Waals surface area contributed by atoms with Gasteiger partial charge in [0.2, 0.25) is 0 Å². The molecule has 0 radical (unpaired) electrons. The van der Waals surface area contributed by atoms with Crippen LogP contribution in [0.1, 0.15) is 11.1 Å². The van der Waals surface area contributed by atoms with E-state index in [1.54, 1.807) is 0 Å². The molecule has 0 bridgehead atoms. The molecule has 0 unspecified atom stereocenters. The van der Waals surface area contributed by atoms with Crippen LogP contribution >= 0.6 is 0 Å². The Morgan fingerprint density at radius 2 is 0.857 bits per heavy atom. The lowest BCUT2D eigenvalue weighted by molar-refractivity contribution is 1.10. The molecule has 0 aliphatic carbocycles. The van der Waals surface area contributed by atoms with Crippen molar-refractivity contribution < 1.29 is 0 Å².